The van der Waals surface area contributed by atoms with Crippen LogP contribution < -0.4 is 5.32 Å². The first-order valence-corrected chi connectivity index (χ1v) is 10.3. The summed E-state index contributed by atoms with van der Waals surface area (Å²) in [4.78, 5) is 31.7. The molecule has 1 atom stereocenters. The molecule has 1 saturated carbocycles. The molecular weight excluding hydrogens is 316 g/mol. The third kappa shape index (κ3) is 4.46. The number of nitrogens with one attached hydrogen (secondary N) is 1. The van der Waals surface area contributed by atoms with Crippen LogP contribution in [0.25, 0.3) is 0 Å². The second kappa shape index (κ2) is 8.88. The lowest BCUT2D eigenvalue weighted by Crippen LogP contribution is -2.59. The number of piperazine rings is 1. The minimum atomic E-state index is 0.0296. The van der Waals surface area contributed by atoms with E-state index in [0.29, 0.717) is 18.4 Å². The summed E-state index contributed by atoms with van der Waals surface area (Å²) in [5.41, 5.74) is 0. The molecule has 0 aromatic rings. The quantitative estimate of drug-likeness (QED) is 0.843. The first kappa shape index (κ1) is 18.5. The van der Waals surface area contributed by atoms with Crippen molar-refractivity contribution in [2.24, 2.45) is 5.92 Å². The van der Waals surface area contributed by atoms with E-state index in [1.165, 1.54) is 32.1 Å². The van der Waals surface area contributed by atoms with Gasteiger partial charge in [-0.3, -0.25) is 9.69 Å². The van der Waals surface area contributed by atoms with E-state index in [1.54, 1.807) is 0 Å². The molecule has 25 heavy (non-hydrogen) atoms. The zero-order chi connectivity index (χ0) is 17.6. The minimum absolute atomic E-state index is 0.0296. The molecule has 1 aliphatic carbocycles. The summed E-state index contributed by atoms with van der Waals surface area (Å²) in [6, 6.07) is 0.0684. The molecular formula is C19H34N4O2. The molecule has 3 aliphatic rings. The highest BCUT2D eigenvalue weighted by Crippen LogP contribution is 2.32. The summed E-state index contributed by atoms with van der Waals surface area (Å²) in [7, 11) is 0. The number of likely N-dealkylation sites (tertiary alicyclic amines) is 1. The van der Waals surface area contributed by atoms with E-state index in [4.69, 9.17) is 0 Å². The predicted molar refractivity (Wildman–Crippen MR) is 98.4 cm³/mol. The number of carbonyl (C=O) groups is 2. The Labute approximate surface area is 151 Å². The van der Waals surface area contributed by atoms with Crippen LogP contribution in [-0.4, -0.2) is 78.5 Å². The Kier molecular flexibility index (Phi) is 6.57. The van der Waals surface area contributed by atoms with Crippen LogP contribution in [0.4, 0.5) is 4.79 Å². The predicted octanol–water partition coefficient (Wildman–Crippen LogP) is 1.90. The summed E-state index contributed by atoms with van der Waals surface area (Å²) in [5.74, 6) is 0.864. The fourth-order valence-electron chi connectivity index (χ4n) is 4.70. The van der Waals surface area contributed by atoms with Crippen LogP contribution >= 0.6 is 0 Å². The lowest BCUT2D eigenvalue weighted by Gasteiger charge is -2.43. The van der Waals surface area contributed by atoms with Gasteiger partial charge in [0, 0.05) is 45.8 Å². The third-order valence-corrected chi connectivity index (χ3v) is 6.09. The van der Waals surface area contributed by atoms with E-state index in [2.05, 4.69) is 15.1 Å². The Morgan fingerprint density at radius 3 is 2.12 bits per heavy atom. The van der Waals surface area contributed by atoms with Crippen LogP contribution in [0.15, 0.2) is 0 Å². The van der Waals surface area contributed by atoms with Gasteiger partial charge in [-0.15, -0.1) is 0 Å². The number of rotatable bonds is 4. The number of nitrogens with zero attached hydrogens (tertiary/aromatic N) is 3. The molecule has 142 valence electrons. The van der Waals surface area contributed by atoms with Crippen LogP contribution in [0.2, 0.25) is 0 Å². The van der Waals surface area contributed by atoms with Crippen LogP contribution in [0.3, 0.4) is 0 Å². The molecule has 6 heteroatoms. The third-order valence-electron chi connectivity index (χ3n) is 6.09. The van der Waals surface area contributed by atoms with Gasteiger partial charge in [-0.05, 0) is 44.9 Å². The minimum Gasteiger partial charge on any atom is -0.341 e. The zero-order valence-corrected chi connectivity index (χ0v) is 15.7. The molecule has 3 amide bonds. The molecule has 2 saturated heterocycles. The largest absolute Gasteiger partial charge is 0.341 e. The van der Waals surface area contributed by atoms with Crippen molar-refractivity contribution in [1.82, 2.24) is 20.0 Å². The highest BCUT2D eigenvalue weighted by Gasteiger charge is 2.39. The molecule has 6 nitrogen and oxygen atoms in total. The number of hydrogen-bond donors (Lipinski definition) is 1. The summed E-state index contributed by atoms with van der Waals surface area (Å²) in [5, 5.41) is 2.88. The Hall–Kier alpha value is -1.30. The van der Waals surface area contributed by atoms with E-state index in [9.17, 15) is 9.59 Å². The van der Waals surface area contributed by atoms with Gasteiger partial charge in [0.2, 0.25) is 5.91 Å². The molecule has 0 radical (unpaired) electrons. The Morgan fingerprint density at radius 2 is 1.52 bits per heavy atom. The Morgan fingerprint density at radius 1 is 0.880 bits per heavy atom. The number of carbonyl (C=O) groups excluding carboxylic acids is 2. The van der Waals surface area contributed by atoms with Crippen molar-refractivity contribution in [3.05, 3.63) is 0 Å². The van der Waals surface area contributed by atoms with E-state index in [-0.39, 0.29) is 12.1 Å². The van der Waals surface area contributed by atoms with Crippen molar-refractivity contribution in [3.8, 4) is 0 Å². The second-order valence-corrected chi connectivity index (χ2v) is 7.73. The molecule has 2 aliphatic heterocycles. The van der Waals surface area contributed by atoms with Crippen LogP contribution in [-0.2, 0) is 4.79 Å². The molecule has 0 aromatic heterocycles. The highest BCUT2D eigenvalue weighted by atomic mass is 16.2. The zero-order valence-electron chi connectivity index (χ0n) is 15.7. The van der Waals surface area contributed by atoms with E-state index in [1.807, 2.05) is 11.8 Å². The van der Waals surface area contributed by atoms with Gasteiger partial charge in [0.05, 0.1) is 6.04 Å². The van der Waals surface area contributed by atoms with Crippen LogP contribution in [0, 0.1) is 5.92 Å². The van der Waals surface area contributed by atoms with Gasteiger partial charge in [0.15, 0.2) is 0 Å². The summed E-state index contributed by atoms with van der Waals surface area (Å²) in [6.07, 6.45) is 8.42. The molecule has 2 heterocycles. The average molecular weight is 351 g/mol. The van der Waals surface area contributed by atoms with Crippen molar-refractivity contribution in [3.63, 3.8) is 0 Å². The molecule has 3 rings (SSSR count). The Bertz CT molecular complexity index is 450. The molecule has 0 bridgehead atoms. The number of hydrogen-bond acceptors (Lipinski definition) is 3. The van der Waals surface area contributed by atoms with E-state index < -0.39 is 0 Å². The maximum absolute atomic E-state index is 13.3. The van der Waals surface area contributed by atoms with Crippen molar-refractivity contribution in [2.75, 3.05) is 45.8 Å². The maximum atomic E-state index is 13.3. The van der Waals surface area contributed by atoms with Crippen molar-refractivity contribution in [2.45, 2.75) is 57.9 Å². The van der Waals surface area contributed by atoms with Gasteiger partial charge < -0.3 is 15.1 Å². The van der Waals surface area contributed by atoms with Gasteiger partial charge in [0.25, 0.3) is 0 Å². The van der Waals surface area contributed by atoms with Crippen molar-refractivity contribution >= 4 is 11.9 Å². The van der Waals surface area contributed by atoms with Gasteiger partial charge in [-0.1, -0.05) is 12.8 Å². The lowest BCUT2D eigenvalue weighted by atomic mass is 9.93. The Balaban J connectivity index is 1.63. The van der Waals surface area contributed by atoms with E-state index >= 15 is 0 Å². The number of amides is 3. The monoisotopic (exact) mass is 350 g/mol. The highest BCUT2D eigenvalue weighted by molar-refractivity contribution is 5.82. The molecule has 0 aromatic carbocycles. The fourth-order valence-corrected chi connectivity index (χ4v) is 4.70. The fraction of sp³-hybridized carbons (Fsp3) is 0.895. The van der Waals surface area contributed by atoms with E-state index in [0.717, 1.165) is 52.1 Å². The summed E-state index contributed by atoms with van der Waals surface area (Å²) >= 11 is 0. The summed E-state index contributed by atoms with van der Waals surface area (Å²) < 4.78 is 0. The SMILES string of the molecule is CCNC(=O)N1CCN(C(C(=O)N2CCCCC2)C2CCCC2)CC1. The first-order valence-electron chi connectivity index (χ1n) is 10.3. The van der Waals surface area contributed by atoms with Gasteiger partial charge >= 0.3 is 6.03 Å². The number of urea groups is 1. The van der Waals surface area contributed by atoms with Crippen molar-refractivity contribution < 1.29 is 9.59 Å². The smallest absolute Gasteiger partial charge is 0.317 e. The molecule has 1 N–H and O–H groups in total. The molecule has 3 fully saturated rings. The van der Waals surface area contributed by atoms with Gasteiger partial charge in [-0.25, -0.2) is 4.79 Å². The molecule has 1 unspecified atom stereocenters. The maximum Gasteiger partial charge on any atom is 0.317 e. The standard InChI is InChI=1S/C19H34N4O2/c1-2-20-19(25)23-14-12-21(13-15-23)17(16-8-4-5-9-16)18(24)22-10-6-3-7-11-22/h16-17H,2-15H2,1H3,(H,20,25). The van der Waals surface area contributed by atoms with Crippen molar-refractivity contribution in [1.29, 1.82) is 0 Å². The van der Waals surface area contributed by atoms with Gasteiger partial charge in [0.1, 0.15) is 0 Å². The topological polar surface area (TPSA) is 55.9 Å². The average Bonchev–Trinajstić information content (AvgIpc) is 3.17. The normalized spacial score (nSPS) is 24.4. The number of piperidine rings is 1. The molecule has 0 spiro atoms. The first-order chi connectivity index (χ1) is 12.2. The van der Waals surface area contributed by atoms with Crippen LogP contribution in [0.1, 0.15) is 51.9 Å². The second-order valence-electron chi connectivity index (χ2n) is 7.73. The van der Waals surface area contributed by atoms with Crippen LogP contribution in [0.5, 0.6) is 0 Å². The summed E-state index contributed by atoms with van der Waals surface area (Å²) in [6.45, 7) is 7.56. The lowest BCUT2D eigenvalue weighted by molar-refractivity contribution is -0.140. The van der Waals surface area contributed by atoms with Gasteiger partial charge in [-0.2, -0.15) is 0 Å².